The molecule has 1 amide bonds. The average molecular weight is 403 g/mol. The quantitative estimate of drug-likeness (QED) is 0.562. The zero-order chi connectivity index (χ0) is 20.8. The summed E-state index contributed by atoms with van der Waals surface area (Å²) in [5.41, 5.74) is 5.22. The summed E-state index contributed by atoms with van der Waals surface area (Å²) in [6, 6.07) is 9.98. The predicted octanol–water partition coefficient (Wildman–Crippen LogP) is 3.96. The number of carbonyl (C=O) groups excluding carboxylic acids is 1. The first-order valence-corrected chi connectivity index (χ1v) is 10.6. The fourth-order valence-corrected chi connectivity index (χ4v) is 4.59. The molecule has 7 nitrogen and oxygen atoms in total. The number of rotatable bonds is 3. The number of nitrogens with one attached hydrogen (secondary N) is 1. The predicted molar refractivity (Wildman–Crippen MR) is 117 cm³/mol. The maximum Gasteiger partial charge on any atom is 0.254 e. The van der Waals surface area contributed by atoms with Crippen molar-refractivity contribution in [3.05, 3.63) is 53.1 Å². The summed E-state index contributed by atoms with van der Waals surface area (Å²) in [4.78, 5) is 28.5. The van der Waals surface area contributed by atoms with Crippen molar-refractivity contribution in [2.75, 3.05) is 13.1 Å². The second-order valence-electron chi connectivity index (χ2n) is 8.14. The summed E-state index contributed by atoms with van der Waals surface area (Å²) in [5.74, 6) is 1.25. The molecule has 1 aliphatic heterocycles. The Morgan fingerprint density at radius 2 is 2.07 bits per heavy atom. The molecular formula is C23H26N6O. The number of likely N-dealkylation sites (tertiary alicyclic amines) is 1. The average Bonchev–Trinajstić information content (AvgIpc) is 3.33. The van der Waals surface area contributed by atoms with E-state index in [1.54, 1.807) is 0 Å². The van der Waals surface area contributed by atoms with Crippen LogP contribution >= 0.6 is 0 Å². The van der Waals surface area contributed by atoms with Crippen molar-refractivity contribution in [1.82, 2.24) is 29.6 Å². The minimum atomic E-state index is 0.0602. The molecule has 0 aliphatic carbocycles. The highest BCUT2D eigenvalue weighted by molar-refractivity contribution is 6.06. The largest absolute Gasteiger partial charge is 0.342 e. The van der Waals surface area contributed by atoms with Gasteiger partial charge in [-0.1, -0.05) is 12.1 Å². The molecule has 154 valence electrons. The number of aromatic nitrogens is 5. The van der Waals surface area contributed by atoms with E-state index in [4.69, 9.17) is 4.98 Å². The minimum absolute atomic E-state index is 0.0602. The molecule has 0 saturated carbocycles. The number of aryl methyl sites for hydroxylation is 3. The number of piperidine rings is 1. The molecule has 1 aromatic carbocycles. The zero-order valence-corrected chi connectivity index (χ0v) is 17.6. The summed E-state index contributed by atoms with van der Waals surface area (Å²) < 4.78 is 1.88. The van der Waals surface area contributed by atoms with E-state index >= 15 is 0 Å². The van der Waals surface area contributed by atoms with Gasteiger partial charge in [0.05, 0.1) is 27.7 Å². The third kappa shape index (κ3) is 3.05. The Bertz CT molecular complexity index is 1220. The second kappa shape index (κ2) is 7.23. The van der Waals surface area contributed by atoms with E-state index < -0.39 is 0 Å². The molecule has 0 spiro atoms. The van der Waals surface area contributed by atoms with Gasteiger partial charge in [-0.3, -0.25) is 4.79 Å². The maximum atomic E-state index is 13.6. The van der Waals surface area contributed by atoms with Crippen LogP contribution in [-0.4, -0.2) is 48.6 Å². The second-order valence-corrected chi connectivity index (χ2v) is 8.14. The Hall–Kier alpha value is -3.22. The Morgan fingerprint density at radius 1 is 1.23 bits per heavy atom. The number of carbonyl (C=O) groups is 1. The fourth-order valence-electron chi connectivity index (χ4n) is 4.59. The highest BCUT2D eigenvalue weighted by Crippen LogP contribution is 2.29. The first kappa shape index (κ1) is 18.8. The van der Waals surface area contributed by atoms with Crippen LogP contribution in [0.15, 0.2) is 30.3 Å². The number of benzene rings is 1. The molecule has 1 N–H and O–H groups in total. The van der Waals surface area contributed by atoms with E-state index in [0.717, 1.165) is 65.2 Å². The number of H-pyrrole nitrogens is 1. The van der Waals surface area contributed by atoms with Crippen LogP contribution in [0.4, 0.5) is 0 Å². The van der Waals surface area contributed by atoms with Crippen molar-refractivity contribution >= 4 is 28.0 Å². The van der Waals surface area contributed by atoms with Crippen LogP contribution in [0.25, 0.3) is 22.1 Å². The van der Waals surface area contributed by atoms with Crippen LogP contribution in [0.3, 0.4) is 0 Å². The Balaban J connectivity index is 1.48. The van der Waals surface area contributed by atoms with Gasteiger partial charge in [-0.25, -0.2) is 14.6 Å². The van der Waals surface area contributed by atoms with E-state index in [1.807, 2.05) is 60.7 Å². The molecule has 30 heavy (non-hydrogen) atoms. The molecule has 0 bridgehead atoms. The van der Waals surface area contributed by atoms with Gasteiger partial charge < -0.3 is 9.88 Å². The third-order valence-electron chi connectivity index (χ3n) is 6.04. The lowest BCUT2D eigenvalue weighted by Gasteiger charge is -2.32. The molecule has 4 aromatic rings. The smallest absolute Gasteiger partial charge is 0.254 e. The van der Waals surface area contributed by atoms with E-state index in [1.165, 1.54) is 0 Å². The fraction of sp³-hybridized carbons (Fsp3) is 0.391. The van der Waals surface area contributed by atoms with Gasteiger partial charge in [0.25, 0.3) is 5.91 Å². The molecule has 5 rings (SSSR count). The van der Waals surface area contributed by atoms with Crippen molar-refractivity contribution in [2.24, 2.45) is 0 Å². The summed E-state index contributed by atoms with van der Waals surface area (Å²) in [6.07, 6.45) is 2.00. The van der Waals surface area contributed by atoms with Gasteiger partial charge in [0.2, 0.25) is 0 Å². The maximum absolute atomic E-state index is 13.6. The van der Waals surface area contributed by atoms with Crippen LogP contribution in [0.2, 0.25) is 0 Å². The number of aromatic amines is 1. The number of hydrogen-bond acceptors (Lipinski definition) is 4. The van der Waals surface area contributed by atoms with Gasteiger partial charge in [-0.15, -0.1) is 0 Å². The molecule has 1 aliphatic rings. The molecule has 1 unspecified atom stereocenters. The highest BCUT2D eigenvalue weighted by atomic mass is 16.2. The van der Waals surface area contributed by atoms with E-state index in [2.05, 4.69) is 15.1 Å². The SMILES string of the molecule is CCn1nc(C)c2c(C(=O)N3CCCC(c4nc5ccccc5[nH]4)C3)cc(C)nc21. The number of fused-ring (bicyclic) bond motifs is 2. The van der Waals surface area contributed by atoms with Crippen LogP contribution in [-0.2, 0) is 6.54 Å². The van der Waals surface area contributed by atoms with Gasteiger partial charge in [0.15, 0.2) is 5.65 Å². The molecule has 1 atom stereocenters. The molecule has 7 heteroatoms. The van der Waals surface area contributed by atoms with Gasteiger partial charge in [0.1, 0.15) is 5.82 Å². The Morgan fingerprint density at radius 3 is 2.87 bits per heavy atom. The normalized spacial score (nSPS) is 17.2. The number of amides is 1. The highest BCUT2D eigenvalue weighted by Gasteiger charge is 2.29. The van der Waals surface area contributed by atoms with Crippen molar-refractivity contribution in [1.29, 1.82) is 0 Å². The molecule has 0 radical (unpaired) electrons. The van der Waals surface area contributed by atoms with Crippen molar-refractivity contribution in [3.63, 3.8) is 0 Å². The summed E-state index contributed by atoms with van der Waals surface area (Å²) in [5, 5.41) is 5.47. The summed E-state index contributed by atoms with van der Waals surface area (Å²) in [6.45, 7) is 8.09. The minimum Gasteiger partial charge on any atom is -0.342 e. The lowest BCUT2D eigenvalue weighted by Crippen LogP contribution is -2.39. The van der Waals surface area contributed by atoms with Crippen LogP contribution in [0.5, 0.6) is 0 Å². The van der Waals surface area contributed by atoms with Crippen LogP contribution in [0, 0.1) is 13.8 Å². The third-order valence-corrected chi connectivity index (χ3v) is 6.04. The Labute approximate surface area is 175 Å². The van der Waals surface area contributed by atoms with E-state index in [-0.39, 0.29) is 11.8 Å². The van der Waals surface area contributed by atoms with Gasteiger partial charge >= 0.3 is 0 Å². The Kier molecular flexibility index (Phi) is 4.53. The molecule has 3 aromatic heterocycles. The number of nitrogens with zero attached hydrogens (tertiary/aromatic N) is 5. The lowest BCUT2D eigenvalue weighted by atomic mass is 9.96. The number of para-hydroxylation sites is 2. The topological polar surface area (TPSA) is 79.7 Å². The first-order chi connectivity index (χ1) is 14.5. The number of hydrogen-bond donors (Lipinski definition) is 1. The standard InChI is InChI=1S/C23H26N6O/c1-4-29-22-20(15(3)27-29)17(12-14(2)24-22)23(30)28-11-7-8-16(13-28)21-25-18-9-5-6-10-19(18)26-21/h5-6,9-10,12,16H,4,7-8,11,13H2,1-3H3,(H,25,26). The van der Waals surface area contributed by atoms with Gasteiger partial charge in [-0.2, -0.15) is 5.10 Å². The number of pyridine rings is 1. The summed E-state index contributed by atoms with van der Waals surface area (Å²) in [7, 11) is 0. The van der Waals surface area contributed by atoms with Crippen LogP contribution < -0.4 is 0 Å². The number of imidazole rings is 1. The summed E-state index contributed by atoms with van der Waals surface area (Å²) >= 11 is 0. The van der Waals surface area contributed by atoms with Crippen LogP contribution in [0.1, 0.15) is 53.3 Å². The molecule has 4 heterocycles. The van der Waals surface area contributed by atoms with E-state index in [9.17, 15) is 4.79 Å². The molecule has 1 saturated heterocycles. The monoisotopic (exact) mass is 402 g/mol. The van der Waals surface area contributed by atoms with Crippen molar-refractivity contribution < 1.29 is 4.79 Å². The molecule has 1 fully saturated rings. The first-order valence-electron chi connectivity index (χ1n) is 10.6. The van der Waals surface area contributed by atoms with Crippen molar-refractivity contribution in [2.45, 2.75) is 46.1 Å². The van der Waals surface area contributed by atoms with E-state index in [0.29, 0.717) is 12.1 Å². The van der Waals surface area contributed by atoms with Gasteiger partial charge in [-0.05, 0) is 51.8 Å². The van der Waals surface area contributed by atoms with Gasteiger partial charge in [0, 0.05) is 31.2 Å². The zero-order valence-electron chi connectivity index (χ0n) is 17.6. The van der Waals surface area contributed by atoms with Crippen molar-refractivity contribution in [3.8, 4) is 0 Å². The lowest BCUT2D eigenvalue weighted by molar-refractivity contribution is 0.0706. The molecular weight excluding hydrogens is 376 g/mol.